The lowest BCUT2D eigenvalue weighted by atomic mass is 10.2. The van der Waals surface area contributed by atoms with Crippen molar-refractivity contribution in [2.24, 2.45) is 5.92 Å². The third-order valence-electron chi connectivity index (χ3n) is 3.44. The molecule has 3 aromatic rings. The van der Waals surface area contributed by atoms with E-state index in [1.165, 1.54) is 6.20 Å². The SMILES string of the molecule is CC(C)COc1ccc(C(=O)NCc2cn(-c3cccnc3)nn2)cn1. The van der Waals surface area contributed by atoms with Crippen molar-refractivity contribution in [1.29, 1.82) is 0 Å². The number of pyridine rings is 2. The molecule has 0 radical (unpaired) electrons. The van der Waals surface area contributed by atoms with Crippen LogP contribution in [0.1, 0.15) is 29.9 Å². The van der Waals surface area contributed by atoms with Crippen molar-refractivity contribution in [3.63, 3.8) is 0 Å². The molecule has 0 atom stereocenters. The van der Waals surface area contributed by atoms with E-state index in [2.05, 4.69) is 39.4 Å². The van der Waals surface area contributed by atoms with Crippen LogP contribution in [0.15, 0.2) is 49.1 Å². The van der Waals surface area contributed by atoms with Gasteiger partial charge in [0.2, 0.25) is 5.88 Å². The number of ether oxygens (including phenoxy) is 1. The van der Waals surface area contributed by atoms with Crippen LogP contribution in [0.25, 0.3) is 5.69 Å². The van der Waals surface area contributed by atoms with E-state index in [-0.39, 0.29) is 12.5 Å². The van der Waals surface area contributed by atoms with Gasteiger partial charge in [0.05, 0.1) is 36.8 Å². The van der Waals surface area contributed by atoms with E-state index in [4.69, 9.17) is 4.74 Å². The Labute approximate surface area is 151 Å². The minimum atomic E-state index is -0.233. The largest absolute Gasteiger partial charge is 0.477 e. The standard InChI is InChI=1S/C18H20N6O2/c1-13(2)12-26-17-6-5-14(8-20-17)18(25)21-9-15-11-24(23-22-15)16-4-3-7-19-10-16/h3-8,10-11,13H,9,12H2,1-2H3,(H,21,25). The third-order valence-corrected chi connectivity index (χ3v) is 3.44. The first-order valence-corrected chi connectivity index (χ1v) is 8.30. The van der Waals surface area contributed by atoms with Crippen LogP contribution in [-0.4, -0.2) is 37.5 Å². The fourth-order valence-electron chi connectivity index (χ4n) is 2.12. The number of nitrogens with one attached hydrogen (secondary N) is 1. The summed E-state index contributed by atoms with van der Waals surface area (Å²) < 4.78 is 7.12. The highest BCUT2D eigenvalue weighted by atomic mass is 16.5. The number of nitrogens with zero attached hydrogens (tertiary/aromatic N) is 5. The molecule has 8 heteroatoms. The van der Waals surface area contributed by atoms with Gasteiger partial charge in [-0.2, -0.15) is 0 Å². The lowest BCUT2D eigenvalue weighted by Gasteiger charge is -2.08. The second-order valence-corrected chi connectivity index (χ2v) is 6.14. The van der Waals surface area contributed by atoms with Crippen molar-refractivity contribution >= 4 is 5.91 Å². The molecule has 0 saturated heterocycles. The first kappa shape index (κ1) is 17.5. The molecule has 0 bridgehead atoms. The third kappa shape index (κ3) is 4.62. The molecule has 0 aliphatic heterocycles. The van der Waals surface area contributed by atoms with Gasteiger partial charge in [-0.3, -0.25) is 9.78 Å². The van der Waals surface area contributed by atoms with E-state index in [1.807, 2.05) is 12.1 Å². The molecule has 3 aromatic heterocycles. The maximum atomic E-state index is 12.2. The number of carbonyl (C=O) groups is 1. The highest BCUT2D eigenvalue weighted by Crippen LogP contribution is 2.09. The van der Waals surface area contributed by atoms with Crippen LogP contribution < -0.4 is 10.1 Å². The first-order valence-electron chi connectivity index (χ1n) is 8.30. The van der Waals surface area contributed by atoms with Gasteiger partial charge in [0, 0.05) is 18.5 Å². The quantitative estimate of drug-likeness (QED) is 0.699. The average molecular weight is 352 g/mol. The van der Waals surface area contributed by atoms with Crippen molar-refractivity contribution < 1.29 is 9.53 Å². The molecule has 0 aliphatic carbocycles. The van der Waals surface area contributed by atoms with E-state index >= 15 is 0 Å². The lowest BCUT2D eigenvalue weighted by Crippen LogP contribution is -2.23. The van der Waals surface area contributed by atoms with E-state index in [9.17, 15) is 4.79 Å². The molecule has 0 aromatic carbocycles. The second kappa shape index (κ2) is 8.19. The highest BCUT2D eigenvalue weighted by molar-refractivity contribution is 5.93. The molecule has 0 spiro atoms. The molecular weight excluding hydrogens is 332 g/mol. The average Bonchev–Trinajstić information content (AvgIpc) is 3.14. The summed E-state index contributed by atoms with van der Waals surface area (Å²) in [5.74, 6) is 0.693. The summed E-state index contributed by atoms with van der Waals surface area (Å²) in [6.45, 7) is 4.98. The molecule has 1 amide bonds. The van der Waals surface area contributed by atoms with Crippen LogP contribution in [-0.2, 0) is 6.54 Å². The monoisotopic (exact) mass is 352 g/mol. The maximum absolute atomic E-state index is 12.2. The summed E-state index contributed by atoms with van der Waals surface area (Å²) >= 11 is 0. The molecule has 26 heavy (non-hydrogen) atoms. The molecular formula is C18H20N6O2. The van der Waals surface area contributed by atoms with Crippen molar-refractivity contribution in [2.75, 3.05) is 6.61 Å². The summed E-state index contributed by atoms with van der Waals surface area (Å²) in [4.78, 5) is 20.4. The van der Waals surface area contributed by atoms with Crippen LogP contribution >= 0.6 is 0 Å². The molecule has 8 nitrogen and oxygen atoms in total. The Balaban J connectivity index is 1.55. The summed E-state index contributed by atoms with van der Waals surface area (Å²) in [6.07, 6.45) is 6.62. The van der Waals surface area contributed by atoms with Gasteiger partial charge in [0.15, 0.2) is 0 Å². The van der Waals surface area contributed by atoms with Crippen molar-refractivity contribution in [2.45, 2.75) is 20.4 Å². The van der Waals surface area contributed by atoms with Gasteiger partial charge in [-0.15, -0.1) is 5.10 Å². The van der Waals surface area contributed by atoms with Crippen LogP contribution in [0, 0.1) is 5.92 Å². The maximum Gasteiger partial charge on any atom is 0.253 e. The number of aromatic nitrogens is 5. The van der Waals surface area contributed by atoms with E-state index in [0.717, 1.165) is 5.69 Å². The summed E-state index contributed by atoms with van der Waals surface area (Å²) in [6, 6.07) is 7.07. The topological polar surface area (TPSA) is 94.8 Å². The number of amides is 1. The van der Waals surface area contributed by atoms with Gasteiger partial charge in [0.1, 0.15) is 5.69 Å². The van der Waals surface area contributed by atoms with Gasteiger partial charge in [0.25, 0.3) is 5.91 Å². The summed E-state index contributed by atoms with van der Waals surface area (Å²) in [5, 5.41) is 10.9. The van der Waals surface area contributed by atoms with Crippen LogP contribution in [0.2, 0.25) is 0 Å². The molecule has 0 fully saturated rings. The normalized spacial score (nSPS) is 10.7. The molecule has 134 valence electrons. The Hall–Kier alpha value is -3.29. The van der Waals surface area contributed by atoms with E-state index in [1.54, 1.807) is 35.4 Å². The Morgan fingerprint density at radius 3 is 2.85 bits per heavy atom. The van der Waals surface area contributed by atoms with Gasteiger partial charge < -0.3 is 10.1 Å². The Kier molecular flexibility index (Phi) is 5.52. The fraction of sp³-hybridized carbons (Fsp3) is 0.278. The van der Waals surface area contributed by atoms with Crippen LogP contribution in [0.5, 0.6) is 5.88 Å². The van der Waals surface area contributed by atoms with Crippen molar-refractivity contribution in [3.05, 3.63) is 60.3 Å². The van der Waals surface area contributed by atoms with Gasteiger partial charge in [-0.25, -0.2) is 9.67 Å². The summed E-state index contributed by atoms with van der Waals surface area (Å²) in [5.41, 5.74) is 1.91. The Bertz CT molecular complexity index is 846. The number of hydrogen-bond acceptors (Lipinski definition) is 6. The zero-order chi connectivity index (χ0) is 18.4. The van der Waals surface area contributed by atoms with Gasteiger partial charge in [-0.1, -0.05) is 19.1 Å². The Morgan fingerprint density at radius 2 is 2.15 bits per heavy atom. The van der Waals surface area contributed by atoms with Crippen molar-refractivity contribution in [3.8, 4) is 11.6 Å². The molecule has 0 unspecified atom stereocenters. The van der Waals surface area contributed by atoms with Gasteiger partial charge in [-0.05, 0) is 24.1 Å². The number of hydrogen-bond donors (Lipinski definition) is 1. The number of rotatable bonds is 7. The van der Waals surface area contributed by atoms with Crippen LogP contribution in [0.3, 0.4) is 0 Å². The molecule has 0 saturated carbocycles. The number of carbonyl (C=O) groups excluding carboxylic acids is 1. The molecule has 0 aliphatic rings. The predicted molar refractivity (Wildman–Crippen MR) is 94.9 cm³/mol. The molecule has 1 N–H and O–H groups in total. The predicted octanol–water partition coefficient (Wildman–Crippen LogP) is 2.02. The zero-order valence-electron chi connectivity index (χ0n) is 14.7. The van der Waals surface area contributed by atoms with Crippen LogP contribution in [0.4, 0.5) is 0 Å². The van der Waals surface area contributed by atoms with E-state index < -0.39 is 0 Å². The minimum Gasteiger partial charge on any atom is -0.477 e. The lowest BCUT2D eigenvalue weighted by molar-refractivity contribution is 0.0950. The van der Waals surface area contributed by atoms with Crippen molar-refractivity contribution in [1.82, 2.24) is 30.3 Å². The first-order chi connectivity index (χ1) is 12.6. The van der Waals surface area contributed by atoms with E-state index in [0.29, 0.717) is 29.7 Å². The second-order valence-electron chi connectivity index (χ2n) is 6.14. The fourth-order valence-corrected chi connectivity index (χ4v) is 2.12. The minimum absolute atomic E-state index is 0.233. The highest BCUT2D eigenvalue weighted by Gasteiger charge is 2.09. The zero-order valence-corrected chi connectivity index (χ0v) is 14.7. The summed E-state index contributed by atoms with van der Waals surface area (Å²) in [7, 11) is 0. The Morgan fingerprint density at radius 1 is 1.27 bits per heavy atom. The van der Waals surface area contributed by atoms with Gasteiger partial charge >= 0.3 is 0 Å². The molecule has 3 rings (SSSR count). The smallest absolute Gasteiger partial charge is 0.253 e. The molecule has 3 heterocycles.